The lowest BCUT2D eigenvalue weighted by atomic mass is 9.90. The van der Waals surface area contributed by atoms with Crippen molar-refractivity contribution >= 4 is 12.0 Å². The van der Waals surface area contributed by atoms with Crippen LogP contribution < -0.4 is 0 Å². The zero-order valence-electron chi connectivity index (χ0n) is 17.2. The number of carbonyl (C=O) groups is 2. The number of nitrogens with zero attached hydrogens (tertiary/aromatic N) is 2. The maximum absolute atomic E-state index is 13.6. The smallest absolute Gasteiger partial charge is 0.416 e. The van der Waals surface area contributed by atoms with Crippen molar-refractivity contribution in [3.05, 3.63) is 71.8 Å². The number of rotatable bonds is 6. The van der Waals surface area contributed by atoms with Crippen molar-refractivity contribution in [2.24, 2.45) is 17.8 Å². The summed E-state index contributed by atoms with van der Waals surface area (Å²) in [6, 6.07) is 20.2. The summed E-state index contributed by atoms with van der Waals surface area (Å²) in [6.07, 6.45) is 2.57. The van der Waals surface area contributed by atoms with Gasteiger partial charge in [0.1, 0.15) is 6.61 Å². The molecular formula is C25H28N2O3. The molecule has 5 nitrogen and oxygen atoms in total. The average molecular weight is 405 g/mol. The number of benzene rings is 2. The number of cyclic esters (lactones) is 1. The van der Waals surface area contributed by atoms with Crippen LogP contribution in [0.2, 0.25) is 0 Å². The Balaban J connectivity index is 1.32. The molecule has 0 bridgehead atoms. The van der Waals surface area contributed by atoms with Crippen LogP contribution in [-0.2, 0) is 22.5 Å². The Hall–Kier alpha value is -2.66. The first-order chi connectivity index (χ1) is 14.7. The van der Waals surface area contributed by atoms with Crippen molar-refractivity contribution in [3.63, 3.8) is 0 Å². The van der Waals surface area contributed by atoms with E-state index in [2.05, 4.69) is 29.2 Å². The molecule has 2 aromatic carbocycles. The van der Waals surface area contributed by atoms with Crippen LogP contribution in [0.4, 0.5) is 4.79 Å². The fourth-order valence-corrected chi connectivity index (χ4v) is 5.09. The van der Waals surface area contributed by atoms with Crippen LogP contribution in [0.1, 0.15) is 24.0 Å². The van der Waals surface area contributed by atoms with Gasteiger partial charge in [-0.1, -0.05) is 60.7 Å². The Morgan fingerprint density at radius 3 is 2.27 bits per heavy atom. The van der Waals surface area contributed by atoms with Gasteiger partial charge in [-0.2, -0.15) is 0 Å². The lowest BCUT2D eigenvalue weighted by molar-refractivity contribution is -0.134. The highest BCUT2D eigenvalue weighted by molar-refractivity contribution is 5.95. The van der Waals surface area contributed by atoms with Gasteiger partial charge in [-0.05, 0) is 42.2 Å². The topological polar surface area (TPSA) is 49.9 Å². The minimum absolute atomic E-state index is 0.0362. The molecule has 5 heteroatoms. The van der Waals surface area contributed by atoms with Gasteiger partial charge in [0.2, 0.25) is 5.91 Å². The summed E-state index contributed by atoms with van der Waals surface area (Å²) < 4.78 is 5.32. The van der Waals surface area contributed by atoms with Crippen LogP contribution in [0.25, 0.3) is 0 Å². The van der Waals surface area contributed by atoms with Gasteiger partial charge in [-0.15, -0.1) is 0 Å². The first kappa shape index (κ1) is 19.3. The molecule has 3 fully saturated rings. The predicted octanol–water partition coefficient (Wildman–Crippen LogP) is 3.73. The molecule has 0 aromatic heterocycles. The van der Waals surface area contributed by atoms with E-state index in [0.717, 1.165) is 25.2 Å². The third-order valence-electron chi connectivity index (χ3n) is 6.75. The molecule has 0 radical (unpaired) electrons. The Morgan fingerprint density at radius 2 is 1.60 bits per heavy atom. The maximum Gasteiger partial charge on any atom is 0.416 e. The first-order valence-electron chi connectivity index (χ1n) is 11.0. The van der Waals surface area contributed by atoms with Crippen LogP contribution in [0.3, 0.4) is 0 Å². The van der Waals surface area contributed by atoms with E-state index in [1.54, 1.807) is 0 Å². The van der Waals surface area contributed by atoms with Crippen molar-refractivity contribution in [1.29, 1.82) is 0 Å². The Kier molecular flexibility index (Phi) is 5.30. The zero-order chi connectivity index (χ0) is 20.5. The molecule has 156 valence electrons. The van der Waals surface area contributed by atoms with E-state index < -0.39 is 6.09 Å². The van der Waals surface area contributed by atoms with E-state index in [4.69, 9.17) is 4.74 Å². The molecule has 2 aliphatic heterocycles. The number of imide groups is 1. The molecule has 1 saturated carbocycles. The summed E-state index contributed by atoms with van der Waals surface area (Å²) in [5.74, 6) is 0.800. The fraction of sp³-hybridized carbons (Fsp3) is 0.440. The van der Waals surface area contributed by atoms with E-state index >= 15 is 0 Å². The van der Waals surface area contributed by atoms with Gasteiger partial charge in [-0.3, -0.25) is 9.69 Å². The molecule has 2 heterocycles. The van der Waals surface area contributed by atoms with Gasteiger partial charge in [0.25, 0.3) is 0 Å². The van der Waals surface area contributed by atoms with E-state index in [1.807, 2.05) is 36.4 Å². The second kappa shape index (κ2) is 8.23. The number of amides is 2. The van der Waals surface area contributed by atoms with E-state index in [0.29, 0.717) is 18.3 Å². The summed E-state index contributed by atoms with van der Waals surface area (Å²) in [6.45, 7) is 2.79. The summed E-state index contributed by atoms with van der Waals surface area (Å²) in [5.41, 5.74) is 2.39. The monoisotopic (exact) mass is 404 g/mol. The van der Waals surface area contributed by atoms with Gasteiger partial charge >= 0.3 is 6.09 Å². The normalized spacial score (nSPS) is 26.7. The predicted molar refractivity (Wildman–Crippen MR) is 114 cm³/mol. The number of ether oxygens (including phenoxy) is 1. The Morgan fingerprint density at radius 1 is 0.933 bits per heavy atom. The van der Waals surface area contributed by atoms with Crippen LogP contribution in [0.5, 0.6) is 0 Å². The van der Waals surface area contributed by atoms with Gasteiger partial charge in [0.15, 0.2) is 0 Å². The van der Waals surface area contributed by atoms with E-state index in [9.17, 15) is 9.59 Å². The van der Waals surface area contributed by atoms with Crippen molar-refractivity contribution in [2.45, 2.75) is 31.8 Å². The average Bonchev–Trinajstić information content (AvgIpc) is 3.43. The highest BCUT2D eigenvalue weighted by Crippen LogP contribution is 2.45. The van der Waals surface area contributed by atoms with Crippen molar-refractivity contribution < 1.29 is 14.3 Å². The summed E-state index contributed by atoms with van der Waals surface area (Å²) >= 11 is 0. The quantitative estimate of drug-likeness (QED) is 0.736. The second-order valence-electron chi connectivity index (χ2n) is 8.92. The molecule has 3 atom stereocenters. The van der Waals surface area contributed by atoms with Crippen LogP contribution in [0.15, 0.2) is 60.7 Å². The molecular weight excluding hydrogens is 376 g/mol. The lowest BCUT2D eigenvalue weighted by Gasteiger charge is -2.25. The lowest BCUT2D eigenvalue weighted by Crippen LogP contribution is -2.45. The van der Waals surface area contributed by atoms with Crippen LogP contribution in [0, 0.1) is 17.8 Å². The summed E-state index contributed by atoms with van der Waals surface area (Å²) in [5, 5.41) is 0. The van der Waals surface area contributed by atoms with E-state index in [1.165, 1.54) is 23.3 Å². The standard InChI is InChI=1S/C25H28N2O3/c28-24(27-21(17-30-25(27)29)13-18-7-3-1-4-8-18)23-16-26(15-22(23)20-11-12-20)14-19-9-5-2-6-10-19/h1-10,20-23H,11-17H2/t21-,22-,23+/m1/s1. The SMILES string of the molecule is O=C1OC[C@@H](Cc2ccccc2)N1C(=O)[C@H]1CN(Cc2ccccc2)C[C@@H]1C1CC1. The second-order valence-corrected chi connectivity index (χ2v) is 8.92. The molecule has 2 amide bonds. The van der Waals surface area contributed by atoms with Gasteiger partial charge in [0, 0.05) is 19.6 Å². The number of hydrogen-bond acceptors (Lipinski definition) is 4. The molecule has 2 saturated heterocycles. The first-order valence-corrected chi connectivity index (χ1v) is 11.0. The Bertz CT molecular complexity index is 897. The molecule has 0 N–H and O–H groups in total. The van der Waals surface area contributed by atoms with E-state index in [-0.39, 0.29) is 24.5 Å². The van der Waals surface area contributed by atoms with Gasteiger partial charge < -0.3 is 4.74 Å². The molecule has 5 rings (SSSR count). The number of carbonyl (C=O) groups excluding carboxylic acids is 2. The Labute approximate surface area is 177 Å². The molecule has 3 aliphatic rings. The number of hydrogen-bond donors (Lipinski definition) is 0. The van der Waals surface area contributed by atoms with Crippen molar-refractivity contribution in [1.82, 2.24) is 9.80 Å². The van der Waals surface area contributed by atoms with Crippen molar-refractivity contribution in [2.75, 3.05) is 19.7 Å². The molecule has 0 spiro atoms. The minimum Gasteiger partial charge on any atom is -0.447 e. The van der Waals surface area contributed by atoms with Gasteiger partial charge in [-0.25, -0.2) is 9.69 Å². The minimum atomic E-state index is -0.475. The summed E-state index contributed by atoms with van der Waals surface area (Å²) in [7, 11) is 0. The zero-order valence-corrected chi connectivity index (χ0v) is 17.2. The molecule has 1 aliphatic carbocycles. The molecule has 30 heavy (non-hydrogen) atoms. The largest absolute Gasteiger partial charge is 0.447 e. The highest BCUT2D eigenvalue weighted by atomic mass is 16.6. The maximum atomic E-state index is 13.6. The molecule has 2 aromatic rings. The van der Waals surface area contributed by atoms with Gasteiger partial charge in [0.05, 0.1) is 12.0 Å². The fourth-order valence-electron chi connectivity index (χ4n) is 5.09. The van der Waals surface area contributed by atoms with Crippen LogP contribution >= 0.6 is 0 Å². The van der Waals surface area contributed by atoms with Crippen molar-refractivity contribution in [3.8, 4) is 0 Å². The van der Waals surface area contributed by atoms with Crippen LogP contribution in [-0.4, -0.2) is 47.5 Å². The number of likely N-dealkylation sites (tertiary alicyclic amines) is 1. The molecule has 0 unspecified atom stereocenters. The summed E-state index contributed by atoms with van der Waals surface area (Å²) in [4.78, 5) is 29.9. The highest BCUT2D eigenvalue weighted by Gasteiger charge is 2.50. The third kappa shape index (κ3) is 3.99. The third-order valence-corrected chi connectivity index (χ3v) is 6.75.